The molecule has 2 aliphatic heterocycles. The van der Waals surface area contributed by atoms with Crippen molar-refractivity contribution in [2.45, 2.75) is 19.3 Å². The Labute approximate surface area is 111 Å². The summed E-state index contributed by atoms with van der Waals surface area (Å²) in [5, 5.41) is 11.9. The van der Waals surface area contributed by atoms with Crippen molar-refractivity contribution >= 4 is 23.8 Å². The minimum absolute atomic E-state index is 0.0992. The van der Waals surface area contributed by atoms with E-state index in [1.807, 2.05) is 11.8 Å². The molecule has 2 unspecified atom stereocenters. The molecule has 2 heterocycles. The van der Waals surface area contributed by atoms with Crippen molar-refractivity contribution in [3.05, 3.63) is 0 Å². The van der Waals surface area contributed by atoms with Crippen LogP contribution in [0, 0.1) is 11.8 Å². The summed E-state index contributed by atoms with van der Waals surface area (Å²) in [7, 11) is 0. The average Bonchev–Trinajstić information content (AvgIpc) is 2.89. The second-order valence-corrected chi connectivity index (χ2v) is 6.19. The first-order valence-corrected chi connectivity index (χ1v) is 7.65. The van der Waals surface area contributed by atoms with Gasteiger partial charge in [-0.25, -0.2) is 4.79 Å². The van der Waals surface area contributed by atoms with E-state index >= 15 is 0 Å². The second-order valence-electron chi connectivity index (χ2n) is 5.04. The highest BCUT2D eigenvalue weighted by Gasteiger charge is 2.28. The second kappa shape index (κ2) is 6.31. The minimum Gasteiger partial charge on any atom is -0.481 e. The van der Waals surface area contributed by atoms with Gasteiger partial charge in [-0.3, -0.25) is 4.79 Å². The molecule has 2 atom stereocenters. The summed E-state index contributed by atoms with van der Waals surface area (Å²) >= 11 is 1.93. The monoisotopic (exact) mass is 272 g/mol. The number of likely N-dealkylation sites (tertiary alicyclic amines) is 1. The zero-order valence-corrected chi connectivity index (χ0v) is 11.2. The fourth-order valence-electron chi connectivity index (χ4n) is 2.45. The molecule has 2 rings (SSSR count). The Morgan fingerprint density at radius 2 is 2.22 bits per heavy atom. The largest absolute Gasteiger partial charge is 0.481 e. The van der Waals surface area contributed by atoms with Crippen LogP contribution in [0.5, 0.6) is 0 Å². The van der Waals surface area contributed by atoms with Gasteiger partial charge in [-0.15, -0.1) is 0 Å². The first-order valence-electron chi connectivity index (χ1n) is 6.50. The van der Waals surface area contributed by atoms with Gasteiger partial charge < -0.3 is 15.3 Å². The van der Waals surface area contributed by atoms with Crippen LogP contribution in [0.15, 0.2) is 0 Å². The van der Waals surface area contributed by atoms with E-state index in [0.717, 1.165) is 18.7 Å². The molecule has 2 N–H and O–H groups in total. The SMILES string of the molecule is O=C(O)C1CCCN(C(=O)NCC2CCSC2)C1. The van der Waals surface area contributed by atoms with Gasteiger partial charge in [0.15, 0.2) is 0 Å². The summed E-state index contributed by atoms with van der Waals surface area (Å²) in [5.41, 5.74) is 0. The van der Waals surface area contributed by atoms with Crippen molar-refractivity contribution < 1.29 is 14.7 Å². The number of hydrogen-bond donors (Lipinski definition) is 2. The molecule has 2 amide bonds. The van der Waals surface area contributed by atoms with E-state index in [4.69, 9.17) is 5.11 Å². The zero-order valence-electron chi connectivity index (χ0n) is 10.4. The molecule has 2 fully saturated rings. The third kappa shape index (κ3) is 3.54. The maximum Gasteiger partial charge on any atom is 0.317 e. The highest BCUT2D eigenvalue weighted by atomic mass is 32.2. The van der Waals surface area contributed by atoms with Gasteiger partial charge in [0.25, 0.3) is 0 Å². The smallest absolute Gasteiger partial charge is 0.317 e. The fourth-order valence-corrected chi connectivity index (χ4v) is 3.74. The Kier molecular flexibility index (Phi) is 4.74. The number of carboxylic acids is 1. The van der Waals surface area contributed by atoms with Crippen LogP contribution in [0.4, 0.5) is 4.79 Å². The number of urea groups is 1. The zero-order chi connectivity index (χ0) is 13.0. The van der Waals surface area contributed by atoms with Crippen LogP contribution in [-0.2, 0) is 4.79 Å². The number of carboxylic acid groups (broad SMARTS) is 1. The van der Waals surface area contributed by atoms with Crippen molar-refractivity contribution in [2.75, 3.05) is 31.1 Å². The van der Waals surface area contributed by atoms with Gasteiger partial charge in [-0.2, -0.15) is 11.8 Å². The number of carbonyl (C=O) groups excluding carboxylic acids is 1. The molecular weight excluding hydrogens is 252 g/mol. The predicted molar refractivity (Wildman–Crippen MR) is 70.8 cm³/mol. The number of aliphatic carboxylic acids is 1. The third-order valence-electron chi connectivity index (χ3n) is 3.62. The summed E-state index contributed by atoms with van der Waals surface area (Å²) in [5.74, 6) is 1.70. The molecule has 0 aromatic heterocycles. The molecule has 0 radical (unpaired) electrons. The summed E-state index contributed by atoms with van der Waals surface area (Å²) in [6.07, 6.45) is 2.63. The molecule has 5 nitrogen and oxygen atoms in total. The van der Waals surface area contributed by atoms with Gasteiger partial charge in [0.1, 0.15) is 0 Å². The molecular formula is C12H20N2O3S. The average molecular weight is 272 g/mol. The number of carbonyl (C=O) groups is 2. The Hall–Kier alpha value is -0.910. The molecule has 0 aliphatic carbocycles. The first-order chi connectivity index (χ1) is 8.66. The van der Waals surface area contributed by atoms with Crippen molar-refractivity contribution in [2.24, 2.45) is 11.8 Å². The Bertz CT molecular complexity index is 318. The normalized spacial score (nSPS) is 28.1. The van der Waals surface area contributed by atoms with E-state index in [1.165, 1.54) is 12.2 Å². The third-order valence-corrected chi connectivity index (χ3v) is 4.86. The predicted octanol–water partition coefficient (Wildman–Crippen LogP) is 1.25. The van der Waals surface area contributed by atoms with E-state index in [1.54, 1.807) is 4.90 Å². The van der Waals surface area contributed by atoms with Crippen LogP contribution >= 0.6 is 11.8 Å². The molecule has 0 aromatic carbocycles. The lowest BCUT2D eigenvalue weighted by atomic mass is 9.99. The van der Waals surface area contributed by atoms with Gasteiger partial charge in [0, 0.05) is 19.6 Å². The molecule has 2 saturated heterocycles. The number of nitrogens with zero attached hydrogens (tertiary/aromatic N) is 1. The van der Waals surface area contributed by atoms with E-state index in [2.05, 4.69) is 5.32 Å². The molecule has 102 valence electrons. The topological polar surface area (TPSA) is 69.6 Å². The van der Waals surface area contributed by atoms with Crippen LogP contribution in [0.3, 0.4) is 0 Å². The summed E-state index contributed by atoms with van der Waals surface area (Å²) in [6, 6.07) is -0.0992. The van der Waals surface area contributed by atoms with Gasteiger partial charge in [-0.05, 0) is 36.7 Å². The lowest BCUT2D eigenvalue weighted by Crippen LogP contribution is -2.48. The van der Waals surface area contributed by atoms with Crippen LogP contribution in [-0.4, -0.2) is 53.1 Å². The fraction of sp³-hybridized carbons (Fsp3) is 0.833. The number of hydrogen-bond acceptors (Lipinski definition) is 3. The highest BCUT2D eigenvalue weighted by Crippen LogP contribution is 2.22. The van der Waals surface area contributed by atoms with Crippen molar-refractivity contribution in [1.82, 2.24) is 10.2 Å². The number of thioether (sulfide) groups is 1. The molecule has 18 heavy (non-hydrogen) atoms. The van der Waals surface area contributed by atoms with Gasteiger partial charge >= 0.3 is 12.0 Å². The number of nitrogens with one attached hydrogen (secondary N) is 1. The summed E-state index contributed by atoms with van der Waals surface area (Å²) in [4.78, 5) is 24.5. The minimum atomic E-state index is -0.792. The molecule has 0 saturated carbocycles. The first kappa shape index (κ1) is 13.5. The number of rotatable bonds is 3. The Morgan fingerprint density at radius 1 is 1.39 bits per heavy atom. The summed E-state index contributed by atoms with van der Waals surface area (Å²) < 4.78 is 0. The summed E-state index contributed by atoms with van der Waals surface area (Å²) in [6.45, 7) is 1.75. The molecule has 0 bridgehead atoms. The van der Waals surface area contributed by atoms with Gasteiger partial charge in [-0.1, -0.05) is 0 Å². The maximum atomic E-state index is 11.9. The van der Waals surface area contributed by atoms with Crippen LogP contribution in [0.2, 0.25) is 0 Å². The molecule has 6 heteroatoms. The van der Waals surface area contributed by atoms with Crippen LogP contribution in [0.1, 0.15) is 19.3 Å². The van der Waals surface area contributed by atoms with E-state index < -0.39 is 11.9 Å². The van der Waals surface area contributed by atoms with Crippen LogP contribution < -0.4 is 5.32 Å². The Balaban J connectivity index is 1.75. The van der Waals surface area contributed by atoms with E-state index in [9.17, 15) is 9.59 Å². The lowest BCUT2D eigenvalue weighted by Gasteiger charge is -2.31. The van der Waals surface area contributed by atoms with E-state index in [0.29, 0.717) is 25.4 Å². The maximum absolute atomic E-state index is 11.9. The van der Waals surface area contributed by atoms with Crippen LogP contribution in [0.25, 0.3) is 0 Å². The molecule has 0 aromatic rings. The molecule has 0 spiro atoms. The number of piperidine rings is 1. The standard InChI is InChI=1S/C12H20N2O3S/c15-11(16)10-2-1-4-14(7-10)12(17)13-6-9-3-5-18-8-9/h9-10H,1-8H2,(H,13,17)(H,15,16). The Morgan fingerprint density at radius 3 is 2.89 bits per heavy atom. The van der Waals surface area contributed by atoms with Gasteiger partial charge in [0.05, 0.1) is 5.92 Å². The van der Waals surface area contributed by atoms with Crippen molar-refractivity contribution in [3.63, 3.8) is 0 Å². The number of amides is 2. The van der Waals surface area contributed by atoms with E-state index in [-0.39, 0.29) is 6.03 Å². The van der Waals surface area contributed by atoms with Crippen molar-refractivity contribution in [1.29, 1.82) is 0 Å². The van der Waals surface area contributed by atoms with Gasteiger partial charge in [0.2, 0.25) is 0 Å². The van der Waals surface area contributed by atoms with Crippen molar-refractivity contribution in [3.8, 4) is 0 Å². The highest BCUT2D eigenvalue weighted by molar-refractivity contribution is 7.99. The molecule has 2 aliphatic rings. The quantitative estimate of drug-likeness (QED) is 0.811. The lowest BCUT2D eigenvalue weighted by molar-refractivity contribution is -0.143.